The number of nitrogens with zero attached hydrogens (tertiary/aromatic N) is 3. The van der Waals surface area contributed by atoms with Crippen molar-refractivity contribution in [1.29, 1.82) is 0 Å². The second-order valence-corrected chi connectivity index (χ2v) is 5.67. The van der Waals surface area contributed by atoms with Crippen molar-refractivity contribution < 1.29 is 4.92 Å². The third-order valence-electron chi connectivity index (χ3n) is 4.06. The fourth-order valence-corrected chi connectivity index (χ4v) is 2.42. The van der Waals surface area contributed by atoms with Gasteiger partial charge < -0.3 is 10.3 Å². The van der Waals surface area contributed by atoms with E-state index >= 15 is 0 Å². The van der Waals surface area contributed by atoms with Crippen molar-refractivity contribution in [3.63, 3.8) is 0 Å². The molecule has 2 N–H and O–H groups in total. The van der Waals surface area contributed by atoms with Gasteiger partial charge in [0, 0.05) is 30.8 Å². The molecule has 1 aromatic carbocycles. The number of rotatable bonds is 6. The number of aromatic amines is 1. The summed E-state index contributed by atoms with van der Waals surface area (Å²) in [5.74, 6) is 0.654. The molecule has 1 aliphatic carbocycles. The maximum atomic E-state index is 10.8. The number of nitro groups is 1. The lowest BCUT2D eigenvalue weighted by molar-refractivity contribution is -0.384. The molecule has 1 fully saturated rings. The number of anilines is 1. The largest absolute Gasteiger partial charge is 0.354 e. The summed E-state index contributed by atoms with van der Waals surface area (Å²) in [4.78, 5) is 20.2. The number of likely N-dealkylation sites (N-methyl/N-ethyl adjacent to an activating group) is 1. The Bertz CT molecular complexity index is 664. The van der Waals surface area contributed by atoms with Crippen LogP contribution in [-0.4, -0.2) is 45.5 Å². The Kier molecular flexibility index (Phi) is 3.50. The molecule has 1 aromatic heterocycles. The second-order valence-electron chi connectivity index (χ2n) is 5.67. The van der Waals surface area contributed by atoms with E-state index in [1.807, 2.05) is 0 Å². The molecule has 1 unspecified atom stereocenters. The topological polar surface area (TPSA) is 87.1 Å². The fourth-order valence-electron chi connectivity index (χ4n) is 2.42. The SMILES string of the molecule is CC(CNc1nc2ccc([N+](=O)[O-])cc2[nH]1)N(C)C1CC1. The molecule has 0 spiro atoms. The monoisotopic (exact) mass is 289 g/mol. The summed E-state index contributed by atoms with van der Waals surface area (Å²) in [6.07, 6.45) is 2.57. The Morgan fingerprint density at radius 1 is 1.57 bits per heavy atom. The number of hydrogen-bond acceptors (Lipinski definition) is 5. The molecule has 2 aromatic rings. The second kappa shape index (κ2) is 5.33. The van der Waals surface area contributed by atoms with Crippen LogP contribution < -0.4 is 5.32 Å². The first-order valence-electron chi connectivity index (χ1n) is 7.14. The summed E-state index contributed by atoms with van der Waals surface area (Å²) in [6, 6.07) is 5.78. The first-order valence-corrected chi connectivity index (χ1v) is 7.14. The fraction of sp³-hybridized carbons (Fsp3) is 0.500. The van der Waals surface area contributed by atoms with Crippen molar-refractivity contribution in [2.24, 2.45) is 0 Å². The predicted octanol–water partition coefficient (Wildman–Crippen LogP) is 2.37. The van der Waals surface area contributed by atoms with Crippen LogP contribution in [-0.2, 0) is 0 Å². The van der Waals surface area contributed by atoms with Crippen LogP contribution in [0.4, 0.5) is 11.6 Å². The number of nitro benzene ring substituents is 1. The lowest BCUT2D eigenvalue weighted by atomic mass is 10.3. The van der Waals surface area contributed by atoms with E-state index in [-0.39, 0.29) is 5.69 Å². The molecule has 112 valence electrons. The molecule has 7 nitrogen and oxygen atoms in total. The predicted molar refractivity (Wildman–Crippen MR) is 81.5 cm³/mol. The van der Waals surface area contributed by atoms with Crippen LogP contribution in [0.3, 0.4) is 0 Å². The molecule has 3 rings (SSSR count). The smallest absolute Gasteiger partial charge is 0.271 e. The Hall–Kier alpha value is -2.15. The van der Waals surface area contributed by atoms with E-state index < -0.39 is 4.92 Å². The Balaban J connectivity index is 1.68. The summed E-state index contributed by atoms with van der Waals surface area (Å²) in [7, 11) is 2.14. The van der Waals surface area contributed by atoms with Gasteiger partial charge in [-0.15, -0.1) is 0 Å². The highest BCUT2D eigenvalue weighted by Crippen LogP contribution is 2.27. The van der Waals surface area contributed by atoms with Crippen LogP contribution in [0.15, 0.2) is 18.2 Å². The van der Waals surface area contributed by atoms with Gasteiger partial charge in [-0.3, -0.25) is 15.0 Å². The van der Waals surface area contributed by atoms with Crippen molar-refractivity contribution in [2.45, 2.75) is 31.8 Å². The number of imidazole rings is 1. The van der Waals surface area contributed by atoms with Gasteiger partial charge in [-0.05, 0) is 32.9 Å². The van der Waals surface area contributed by atoms with E-state index in [2.05, 4.69) is 34.2 Å². The maximum absolute atomic E-state index is 10.8. The zero-order valence-electron chi connectivity index (χ0n) is 12.2. The van der Waals surface area contributed by atoms with Crippen LogP contribution in [0.2, 0.25) is 0 Å². The van der Waals surface area contributed by atoms with Crippen LogP contribution in [0.1, 0.15) is 19.8 Å². The van der Waals surface area contributed by atoms with Crippen molar-refractivity contribution in [3.05, 3.63) is 28.3 Å². The van der Waals surface area contributed by atoms with Gasteiger partial charge in [-0.1, -0.05) is 0 Å². The van der Waals surface area contributed by atoms with E-state index in [4.69, 9.17) is 0 Å². The van der Waals surface area contributed by atoms with Crippen molar-refractivity contribution in [1.82, 2.24) is 14.9 Å². The maximum Gasteiger partial charge on any atom is 0.271 e. The Labute approximate surface area is 122 Å². The molecule has 1 heterocycles. The number of hydrogen-bond donors (Lipinski definition) is 2. The standard InChI is InChI=1S/C14H19N5O2/c1-9(18(2)10-3-4-10)8-15-14-16-12-6-5-11(19(20)21)7-13(12)17-14/h5-7,9-10H,3-4,8H2,1-2H3,(H2,15,16,17). The third-order valence-corrected chi connectivity index (χ3v) is 4.06. The van der Waals surface area contributed by atoms with E-state index in [1.54, 1.807) is 6.07 Å². The molecule has 7 heteroatoms. The minimum atomic E-state index is -0.403. The average Bonchev–Trinajstić information content (AvgIpc) is 3.22. The molecule has 0 aliphatic heterocycles. The molecule has 1 atom stereocenters. The van der Waals surface area contributed by atoms with Gasteiger partial charge in [0.25, 0.3) is 5.69 Å². The molecule has 1 aliphatic rings. The van der Waals surface area contributed by atoms with E-state index in [9.17, 15) is 10.1 Å². The van der Waals surface area contributed by atoms with E-state index in [0.717, 1.165) is 18.1 Å². The number of nitrogens with one attached hydrogen (secondary N) is 2. The van der Waals surface area contributed by atoms with Crippen molar-refractivity contribution >= 4 is 22.7 Å². The molecule has 0 amide bonds. The first-order chi connectivity index (χ1) is 10.0. The van der Waals surface area contributed by atoms with Gasteiger partial charge in [0.2, 0.25) is 5.95 Å². The van der Waals surface area contributed by atoms with Gasteiger partial charge in [-0.2, -0.15) is 0 Å². The van der Waals surface area contributed by atoms with Gasteiger partial charge in [0.05, 0.1) is 16.0 Å². The Morgan fingerprint density at radius 3 is 3.00 bits per heavy atom. The van der Waals surface area contributed by atoms with Crippen LogP contribution in [0.5, 0.6) is 0 Å². The quantitative estimate of drug-likeness (QED) is 0.629. The molecular formula is C14H19N5O2. The van der Waals surface area contributed by atoms with Crippen molar-refractivity contribution in [3.8, 4) is 0 Å². The average molecular weight is 289 g/mol. The molecule has 0 radical (unpaired) electrons. The van der Waals surface area contributed by atoms with Crippen LogP contribution >= 0.6 is 0 Å². The summed E-state index contributed by atoms with van der Waals surface area (Å²) >= 11 is 0. The lowest BCUT2D eigenvalue weighted by Crippen LogP contribution is -2.36. The minimum absolute atomic E-state index is 0.0690. The molecule has 0 saturated heterocycles. The summed E-state index contributed by atoms with van der Waals surface area (Å²) in [5.41, 5.74) is 1.47. The van der Waals surface area contributed by atoms with Gasteiger partial charge in [0.1, 0.15) is 0 Å². The normalized spacial score (nSPS) is 16.3. The number of benzene rings is 1. The van der Waals surface area contributed by atoms with Crippen LogP contribution in [0.25, 0.3) is 11.0 Å². The molecular weight excluding hydrogens is 270 g/mol. The third kappa shape index (κ3) is 2.97. The molecule has 21 heavy (non-hydrogen) atoms. The van der Waals surface area contributed by atoms with Crippen molar-refractivity contribution in [2.75, 3.05) is 18.9 Å². The van der Waals surface area contributed by atoms with E-state index in [0.29, 0.717) is 17.5 Å². The summed E-state index contributed by atoms with van der Waals surface area (Å²) in [5, 5.41) is 14.0. The zero-order chi connectivity index (χ0) is 15.0. The number of fused-ring (bicyclic) bond motifs is 1. The minimum Gasteiger partial charge on any atom is -0.354 e. The summed E-state index contributed by atoms with van der Waals surface area (Å²) in [6.45, 7) is 2.97. The number of H-pyrrole nitrogens is 1. The molecule has 0 bridgehead atoms. The van der Waals surface area contributed by atoms with Gasteiger partial charge >= 0.3 is 0 Å². The Morgan fingerprint density at radius 2 is 2.33 bits per heavy atom. The highest BCUT2D eigenvalue weighted by Gasteiger charge is 2.28. The van der Waals surface area contributed by atoms with Gasteiger partial charge in [0.15, 0.2) is 0 Å². The first kappa shape index (κ1) is 13.8. The number of aromatic nitrogens is 2. The zero-order valence-corrected chi connectivity index (χ0v) is 12.2. The lowest BCUT2D eigenvalue weighted by Gasteiger charge is -2.24. The molecule has 1 saturated carbocycles. The highest BCUT2D eigenvalue weighted by atomic mass is 16.6. The van der Waals surface area contributed by atoms with Gasteiger partial charge in [-0.25, -0.2) is 4.98 Å². The van der Waals surface area contributed by atoms with Crippen LogP contribution in [0, 0.1) is 10.1 Å². The summed E-state index contributed by atoms with van der Waals surface area (Å²) < 4.78 is 0. The number of non-ortho nitro benzene ring substituents is 1. The van der Waals surface area contributed by atoms with E-state index in [1.165, 1.54) is 25.0 Å². The highest BCUT2D eigenvalue weighted by molar-refractivity contribution is 5.79.